The molecule has 0 heterocycles. The molecule has 0 amide bonds. The van der Waals surface area contributed by atoms with Crippen LogP contribution in [0.1, 0.15) is 46.5 Å². The van der Waals surface area contributed by atoms with Crippen LogP contribution in [0.2, 0.25) is 0 Å². The predicted molar refractivity (Wildman–Crippen MR) is 137 cm³/mol. The van der Waals surface area contributed by atoms with Gasteiger partial charge >= 0.3 is 5.97 Å². The lowest BCUT2D eigenvalue weighted by molar-refractivity contribution is -0.758. The van der Waals surface area contributed by atoms with Gasteiger partial charge in [0.05, 0.1) is 25.9 Å². The Morgan fingerprint density at radius 1 is 1.15 bits per heavy atom. The molecule has 1 N–H and O–H groups in total. The maximum absolute atomic E-state index is 13.4. The lowest BCUT2D eigenvalue weighted by Gasteiger charge is -2.58. The zero-order valence-electron chi connectivity index (χ0n) is 22.8. The largest absolute Gasteiger partial charge is 0.456 e. The van der Waals surface area contributed by atoms with E-state index in [0.717, 1.165) is 24.8 Å². The van der Waals surface area contributed by atoms with Crippen LogP contribution in [0, 0.1) is 50.5 Å². The summed E-state index contributed by atoms with van der Waals surface area (Å²) in [4.78, 5) is 51.7. The first-order valence-electron chi connectivity index (χ1n) is 13.7. The fourth-order valence-corrected chi connectivity index (χ4v) is 8.21. The van der Waals surface area contributed by atoms with Gasteiger partial charge < -0.3 is 24.2 Å². The Labute approximate surface area is 228 Å². The van der Waals surface area contributed by atoms with Crippen LogP contribution in [0.4, 0.5) is 0 Å². The lowest BCUT2D eigenvalue weighted by Crippen LogP contribution is -2.56. The Balaban J connectivity index is 1.30. The van der Waals surface area contributed by atoms with Crippen molar-refractivity contribution in [3.05, 3.63) is 33.9 Å². The molecule has 0 bridgehead atoms. The molecule has 4 aliphatic carbocycles. The van der Waals surface area contributed by atoms with E-state index in [0.29, 0.717) is 6.42 Å². The summed E-state index contributed by atoms with van der Waals surface area (Å²) in [5, 5.41) is 20.6. The standard InChI is InChI=1S/C28H39NO10/c1-17-12-21-20-5-4-18-13-19(30)6-7-27(18,2)26(20)22(31)14-28(21,3)25(17)23(32)15-38-24(33)16-37-9-8-36-10-11-39-29(34)35/h6-7,13,17,20-22,25-26,31H,4-5,8-12,14-16H2,1-3H3. The highest BCUT2D eigenvalue weighted by Crippen LogP contribution is 2.67. The summed E-state index contributed by atoms with van der Waals surface area (Å²) in [5.41, 5.74) is 0.344. The first-order valence-corrected chi connectivity index (χ1v) is 13.7. The number of nitrogens with zero attached hydrogens (tertiary/aromatic N) is 1. The van der Waals surface area contributed by atoms with E-state index >= 15 is 0 Å². The van der Waals surface area contributed by atoms with Gasteiger partial charge in [0.15, 0.2) is 11.6 Å². The summed E-state index contributed by atoms with van der Waals surface area (Å²) in [6.07, 6.45) is 7.80. The molecule has 4 aliphatic rings. The second-order valence-corrected chi connectivity index (χ2v) is 11.8. The predicted octanol–water partition coefficient (Wildman–Crippen LogP) is 2.48. The van der Waals surface area contributed by atoms with Crippen LogP contribution in [0.25, 0.3) is 0 Å². The van der Waals surface area contributed by atoms with Gasteiger partial charge in [0.1, 0.15) is 19.8 Å². The summed E-state index contributed by atoms with van der Waals surface area (Å²) in [6.45, 7) is 5.67. The molecule has 3 saturated carbocycles. The van der Waals surface area contributed by atoms with Crippen molar-refractivity contribution in [2.24, 2.45) is 40.4 Å². The third kappa shape index (κ3) is 5.95. The number of aliphatic hydroxyl groups excluding tert-OH is 1. The van der Waals surface area contributed by atoms with Gasteiger partial charge in [0, 0.05) is 17.3 Å². The van der Waals surface area contributed by atoms with Crippen molar-refractivity contribution in [1.29, 1.82) is 0 Å². The zero-order chi connectivity index (χ0) is 28.4. The van der Waals surface area contributed by atoms with Crippen LogP contribution in [-0.4, -0.2) is 73.5 Å². The minimum absolute atomic E-state index is 0.000487. The second kappa shape index (κ2) is 11.9. The van der Waals surface area contributed by atoms with Crippen molar-refractivity contribution in [3.8, 4) is 0 Å². The van der Waals surface area contributed by atoms with Gasteiger partial charge in [-0.1, -0.05) is 32.4 Å². The quantitative estimate of drug-likeness (QED) is 0.166. The molecule has 0 aliphatic heterocycles. The number of carbonyl (C=O) groups is 3. The van der Waals surface area contributed by atoms with Crippen molar-refractivity contribution in [1.82, 2.24) is 0 Å². The maximum Gasteiger partial charge on any atom is 0.332 e. The van der Waals surface area contributed by atoms with Gasteiger partial charge in [-0.2, -0.15) is 0 Å². The van der Waals surface area contributed by atoms with E-state index < -0.39 is 22.6 Å². The second-order valence-electron chi connectivity index (χ2n) is 11.8. The molecule has 8 atom stereocenters. The Morgan fingerprint density at radius 3 is 2.62 bits per heavy atom. The molecule has 0 aromatic heterocycles. The van der Waals surface area contributed by atoms with Gasteiger partial charge in [-0.3, -0.25) is 9.59 Å². The van der Waals surface area contributed by atoms with Gasteiger partial charge in [-0.25, -0.2) is 4.79 Å². The number of ketones is 2. The molecule has 0 spiro atoms. The van der Waals surface area contributed by atoms with Crippen molar-refractivity contribution in [3.63, 3.8) is 0 Å². The number of fused-ring (bicyclic) bond motifs is 5. The number of Topliss-reactive ketones (excluding diaryl/α,β-unsaturated/α-hetero) is 1. The SMILES string of the molecule is CC1CC2C3CCC4=CC(=O)C=CC4(C)C3C(O)CC2(C)C1C(=O)COC(=O)COCCOCCO[N+](=O)[O-]. The third-order valence-corrected chi connectivity index (χ3v) is 9.57. The van der Waals surface area contributed by atoms with E-state index in [9.17, 15) is 29.6 Å². The van der Waals surface area contributed by atoms with Crippen molar-refractivity contribution in [2.75, 3.05) is 39.6 Å². The molecule has 0 saturated heterocycles. The number of ether oxygens (including phenoxy) is 3. The highest BCUT2D eigenvalue weighted by atomic mass is 17.0. The number of rotatable bonds is 12. The number of aliphatic hydroxyl groups is 1. The van der Waals surface area contributed by atoms with Crippen molar-refractivity contribution < 1.29 is 43.6 Å². The van der Waals surface area contributed by atoms with Crippen LogP contribution in [0.5, 0.6) is 0 Å². The molecular weight excluding hydrogens is 510 g/mol. The smallest absolute Gasteiger partial charge is 0.332 e. The summed E-state index contributed by atoms with van der Waals surface area (Å²) < 4.78 is 15.5. The van der Waals surface area contributed by atoms with E-state index in [1.54, 1.807) is 12.2 Å². The van der Waals surface area contributed by atoms with Gasteiger partial charge in [-0.15, -0.1) is 10.1 Å². The molecule has 11 heteroatoms. The number of esters is 1. The van der Waals surface area contributed by atoms with Crippen LogP contribution in [-0.2, 0) is 33.4 Å². The molecule has 0 radical (unpaired) electrons. The minimum atomic E-state index is -0.904. The molecule has 216 valence electrons. The van der Waals surface area contributed by atoms with E-state index in [-0.39, 0.29) is 86.2 Å². The average Bonchev–Trinajstić information content (AvgIpc) is 3.13. The first-order chi connectivity index (χ1) is 18.5. The number of carbonyl (C=O) groups excluding carboxylic acids is 3. The summed E-state index contributed by atoms with van der Waals surface area (Å²) in [7, 11) is 0. The van der Waals surface area contributed by atoms with Crippen molar-refractivity contribution in [2.45, 2.75) is 52.6 Å². The van der Waals surface area contributed by atoms with Crippen LogP contribution in [0.15, 0.2) is 23.8 Å². The van der Waals surface area contributed by atoms with Crippen LogP contribution < -0.4 is 0 Å². The third-order valence-electron chi connectivity index (χ3n) is 9.57. The monoisotopic (exact) mass is 549 g/mol. The maximum atomic E-state index is 13.4. The lowest BCUT2D eigenvalue weighted by atomic mass is 9.46. The highest BCUT2D eigenvalue weighted by Gasteiger charge is 2.64. The van der Waals surface area contributed by atoms with E-state index in [4.69, 9.17) is 14.2 Å². The topological polar surface area (TPSA) is 152 Å². The van der Waals surface area contributed by atoms with Gasteiger partial charge in [-0.05, 0) is 61.0 Å². The highest BCUT2D eigenvalue weighted by molar-refractivity contribution is 6.01. The van der Waals surface area contributed by atoms with Gasteiger partial charge in [0.2, 0.25) is 0 Å². The van der Waals surface area contributed by atoms with Crippen LogP contribution in [0.3, 0.4) is 0 Å². The van der Waals surface area contributed by atoms with Gasteiger partial charge in [0.25, 0.3) is 5.09 Å². The molecule has 0 aromatic carbocycles. The Kier molecular flexibility index (Phi) is 8.92. The summed E-state index contributed by atoms with van der Waals surface area (Å²) in [6, 6.07) is 0. The summed E-state index contributed by atoms with van der Waals surface area (Å²) in [5.74, 6) is -0.517. The average molecular weight is 550 g/mol. The molecule has 39 heavy (non-hydrogen) atoms. The molecule has 3 fully saturated rings. The first kappa shape index (κ1) is 29.4. The van der Waals surface area contributed by atoms with E-state index in [2.05, 4.69) is 25.6 Å². The fraction of sp³-hybridized carbons (Fsp3) is 0.750. The summed E-state index contributed by atoms with van der Waals surface area (Å²) >= 11 is 0. The Morgan fingerprint density at radius 2 is 1.87 bits per heavy atom. The normalized spacial score (nSPS) is 36.8. The molecule has 11 nitrogen and oxygen atoms in total. The fourth-order valence-electron chi connectivity index (χ4n) is 8.21. The molecule has 0 aromatic rings. The van der Waals surface area contributed by atoms with E-state index in [1.807, 2.05) is 6.08 Å². The Bertz CT molecular complexity index is 1040. The molecular formula is C28H39NO10. The Hall–Kier alpha value is -2.63. The minimum Gasteiger partial charge on any atom is -0.456 e. The van der Waals surface area contributed by atoms with Crippen molar-refractivity contribution >= 4 is 17.5 Å². The molecule has 4 rings (SSSR count). The number of hydrogen-bond donors (Lipinski definition) is 1. The molecule has 8 unspecified atom stereocenters. The number of allylic oxidation sites excluding steroid dienone is 4. The van der Waals surface area contributed by atoms with E-state index in [1.165, 1.54) is 0 Å². The number of hydrogen-bond acceptors (Lipinski definition) is 10. The van der Waals surface area contributed by atoms with Crippen LogP contribution >= 0.6 is 0 Å². The zero-order valence-corrected chi connectivity index (χ0v) is 22.8.